The number of nitrogens with one attached hydrogen (secondary N) is 1. The molecule has 1 aliphatic heterocycles. The summed E-state index contributed by atoms with van der Waals surface area (Å²) in [6.07, 6.45) is 6.25. The van der Waals surface area contributed by atoms with E-state index >= 15 is 0 Å². The first kappa shape index (κ1) is 25.0. The molecular weight excluding hydrogens is 448 g/mol. The van der Waals surface area contributed by atoms with E-state index in [9.17, 15) is 13.2 Å². The van der Waals surface area contributed by atoms with Crippen LogP contribution in [0.3, 0.4) is 0 Å². The minimum atomic E-state index is -2.68. The average Bonchev–Trinajstić information content (AvgIpc) is 3.08. The Balaban J connectivity index is 1.74. The van der Waals surface area contributed by atoms with Gasteiger partial charge in [-0.2, -0.15) is 0 Å². The summed E-state index contributed by atoms with van der Waals surface area (Å²) in [5, 5.41) is 3.08. The number of carbonyl (C=O) groups excluding carboxylic acids is 1. The van der Waals surface area contributed by atoms with Crippen molar-refractivity contribution in [3.05, 3.63) is 41.1 Å². The van der Waals surface area contributed by atoms with Crippen LogP contribution in [0.15, 0.2) is 29.2 Å². The molecular formula is C27H38N2O4S. The van der Waals surface area contributed by atoms with Crippen molar-refractivity contribution >= 4 is 16.6 Å². The molecule has 1 saturated heterocycles. The molecule has 2 aliphatic rings. The molecule has 7 heteroatoms. The first-order chi connectivity index (χ1) is 16.1. The van der Waals surface area contributed by atoms with E-state index in [0.29, 0.717) is 42.1 Å². The maximum Gasteiger partial charge on any atom is 0.253 e. The van der Waals surface area contributed by atoms with E-state index in [1.165, 1.54) is 32.1 Å². The van der Waals surface area contributed by atoms with Gasteiger partial charge in [-0.3, -0.25) is 4.79 Å². The van der Waals surface area contributed by atoms with E-state index in [1.54, 1.807) is 6.07 Å². The molecule has 2 fully saturated rings. The predicted octanol–water partition coefficient (Wildman–Crippen LogP) is 4.69. The van der Waals surface area contributed by atoms with Crippen LogP contribution in [0.4, 0.5) is 0 Å². The van der Waals surface area contributed by atoms with E-state index in [-0.39, 0.29) is 11.3 Å². The Kier molecular flexibility index (Phi) is 7.53. The molecule has 6 nitrogen and oxygen atoms in total. The first-order valence-electron chi connectivity index (χ1n) is 12.5. The van der Waals surface area contributed by atoms with Gasteiger partial charge >= 0.3 is 0 Å². The normalized spacial score (nSPS) is 17.7. The van der Waals surface area contributed by atoms with E-state index in [1.807, 2.05) is 45.9 Å². The zero-order chi connectivity index (χ0) is 24.5. The highest BCUT2D eigenvalue weighted by Crippen LogP contribution is 2.35. The fraction of sp³-hybridized carbons (Fsp3) is 0.593. The molecule has 0 radical (unpaired) electrons. The summed E-state index contributed by atoms with van der Waals surface area (Å²) in [4.78, 5) is 13.5. The monoisotopic (exact) mass is 486 g/mol. The number of thiol groups is 1. The molecule has 1 saturated carbocycles. The van der Waals surface area contributed by atoms with Gasteiger partial charge in [0.25, 0.3) is 5.91 Å². The van der Waals surface area contributed by atoms with Gasteiger partial charge in [0.1, 0.15) is 0 Å². The van der Waals surface area contributed by atoms with Crippen molar-refractivity contribution in [3.8, 4) is 11.3 Å². The summed E-state index contributed by atoms with van der Waals surface area (Å²) >= 11 is 0. The Hall–Kier alpha value is -2.12. The third-order valence-corrected chi connectivity index (χ3v) is 8.12. The Bertz CT molecular complexity index is 1110. The number of benzene rings is 1. The summed E-state index contributed by atoms with van der Waals surface area (Å²) in [7, 11) is -2.68. The van der Waals surface area contributed by atoms with Crippen LogP contribution in [0.25, 0.3) is 11.3 Å². The molecule has 0 unspecified atom stereocenters. The maximum absolute atomic E-state index is 13.1. The van der Waals surface area contributed by atoms with Gasteiger partial charge in [0.2, 0.25) is 0 Å². The van der Waals surface area contributed by atoms with Crippen LogP contribution in [0, 0.1) is 18.8 Å². The van der Waals surface area contributed by atoms with Crippen molar-refractivity contribution in [2.75, 3.05) is 19.8 Å². The number of rotatable bonds is 7. The second-order valence-electron chi connectivity index (χ2n) is 11.0. The van der Waals surface area contributed by atoms with Gasteiger partial charge in [-0.25, -0.2) is 8.42 Å². The highest BCUT2D eigenvalue weighted by molar-refractivity contribution is 7.72. The molecule has 2 aromatic rings. The summed E-state index contributed by atoms with van der Waals surface area (Å²) < 4.78 is 31.4. The third kappa shape index (κ3) is 5.41. The fourth-order valence-corrected chi connectivity index (χ4v) is 5.96. The van der Waals surface area contributed by atoms with Crippen molar-refractivity contribution in [1.29, 1.82) is 0 Å². The lowest BCUT2D eigenvalue weighted by Crippen LogP contribution is -2.39. The summed E-state index contributed by atoms with van der Waals surface area (Å²) in [6, 6.07) is 7.59. The zero-order valence-electron chi connectivity index (χ0n) is 20.9. The summed E-state index contributed by atoms with van der Waals surface area (Å²) in [6.45, 7) is 11.0. The lowest BCUT2D eigenvalue weighted by Gasteiger charge is -2.26. The first-order valence-corrected chi connectivity index (χ1v) is 13.7. The lowest BCUT2D eigenvalue weighted by molar-refractivity contribution is -0.0298. The molecule has 4 rings (SSSR count). The second kappa shape index (κ2) is 10.2. The van der Waals surface area contributed by atoms with Crippen molar-refractivity contribution in [3.63, 3.8) is 0 Å². The molecule has 0 spiro atoms. The predicted molar refractivity (Wildman–Crippen MR) is 135 cm³/mol. The van der Waals surface area contributed by atoms with Crippen LogP contribution in [0.5, 0.6) is 0 Å². The van der Waals surface area contributed by atoms with Crippen molar-refractivity contribution in [2.24, 2.45) is 11.8 Å². The number of ether oxygens (including phenoxy) is 1. The number of carbonyl (C=O) groups is 1. The number of hydrogen-bond donors (Lipinski definition) is 2. The van der Waals surface area contributed by atoms with E-state index in [4.69, 9.17) is 4.74 Å². The maximum atomic E-state index is 13.1. The number of hydrogen-bond acceptors (Lipinski definition) is 4. The molecule has 1 N–H and O–H groups in total. The van der Waals surface area contributed by atoms with Crippen LogP contribution in [-0.2, 0) is 27.4 Å². The minimum Gasteiger partial charge on any atom is -0.381 e. The van der Waals surface area contributed by atoms with Gasteiger partial charge in [0, 0.05) is 30.4 Å². The molecule has 2 heterocycles. The molecule has 1 aliphatic carbocycles. The van der Waals surface area contributed by atoms with Gasteiger partial charge in [-0.15, -0.1) is 0 Å². The van der Waals surface area contributed by atoms with Crippen molar-refractivity contribution in [2.45, 2.75) is 76.7 Å². The van der Waals surface area contributed by atoms with E-state index < -0.39 is 10.7 Å². The van der Waals surface area contributed by atoms with Crippen LogP contribution in [0.1, 0.15) is 74.5 Å². The zero-order valence-corrected chi connectivity index (χ0v) is 21.7. The van der Waals surface area contributed by atoms with Crippen LogP contribution in [0.2, 0.25) is 0 Å². The summed E-state index contributed by atoms with van der Waals surface area (Å²) in [5.41, 5.74) is 4.10. The molecule has 1 aromatic carbocycles. The SMILES string of the molecule is Cc1c(C(=O)NCC2COC2)cc(-c2ccc([SH](=O)=O)c(C(C)(C)C)c2)n1CC1CCCCC1. The van der Waals surface area contributed by atoms with E-state index in [2.05, 4.69) is 9.88 Å². The standard InChI is InChI=1S/C27H38N2O4S/c1-18-22(26(30)28-14-20-16-33-17-20)13-24(29(18)15-19-8-6-5-7-9-19)21-10-11-25(34(31)32)23(12-21)27(2,3)4/h10-13,19-20,34H,5-9,14-17H2,1-4H3,(H,28,30). The van der Waals surface area contributed by atoms with Gasteiger partial charge in [0.05, 0.1) is 23.7 Å². The average molecular weight is 487 g/mol. The van der Waals surface area contributed by atoms with Gasteiger partial charge < -0.3 is 14.6 Å². The largest absolute Gasteiger partial charge is 0.381 e. The van der Waals surface area contributed by atoms with Gasteiger partial charge in [-0.1, -0.05) is 46.1 Å². The highest BCUT2D eigenvalue weighted by atomic mass is 32.2. The number of nitrogens with zero attached hydrogens (tertiary/aromatic N) is 1. The molecule has 1 amide bonds. The second-order valence-corrected chi connectivity index (χ2v) is 12.0. The minimum absolute atomic E-state index is 0.0525. The summed E-state index contributed by atoms with van der Waals surface area (Å²) in [5.74, 6) is 0.937. The Labute approximate surface area is 205 Å². The Morgan fingerprint density at radius 1 is 1.09 bits per heavy atom. The molecule has 0 atom stereocenters. The molecule has 34 heavy (non-hydrogen) atoms. The van der Waals surface area contributed by atoms with Gasteiger partial charge in [-0.05, 0) is 60.4 Å². The topological polar surface area (TPSA) is 77.4 Å². The molecule has 186 valence electrons. The van der Waals surface area contributed by atoms with Crippen molar-refractivity contribution < 1.29 is 17.9 Å². The third-order valence-electron chi connectivity index (χ3n) is 7.33. The lowest BCUT2D eigenvalue weighted by atomic mass is 9.85. The van der Waals surface area contributed by atoms with Gasteiger partial charge in [0.15, 0.2) is 10.7 Å². The smallest absolute Gasteiger partial charge is 0.253 e. The molecule has 0 bridgehead atoms. The van der Waals surface area contributed by atoms with Crippen LogP contribution in [-0.4, -0.2) is 38.7 Å². The number of amides is 1. The fourth-order valence-electron chi connectivity index (χ4n) is 5.17. The Morgan fingerprint density at radius 2 is 1.79 bits per heavy atom. The van der Waals surface area contributed by atoms with E-state index in [0.717, 1.165) is 29.1 Å². The van der Waals surface area contributed by atoms with Crippen LogP contribution >= 0.6 is 0 Å². The van der Waals surface area contributed by atoms with Crippen LogP contribution < -0.4 is 5.32 Å². The number of aromatic nitrogens is 1. The molecule has 1 aromatic heterocycles. The Morgan fingerprint density at radius 3 is 2.38 bits per heavy atom. The highest BCUT2D eigenvalue weighted by Gasteiger charge is 2.26. The quantitative estimate of drug-likeness (QED) is 0.557. The van der Waals surface area contributed by atoms with Crippen molar-refractivity contribution in [1.82, 2.24) is 9.88 Å².